The Morgan fingerprint density at radius 1 is 1.15 bits per heavy atom. The quantitative estimate of drug-likeness (QED) is 0.420. The maximum atomic E-state index is 11.8. The van der Waals surface area contributed by atoms with Gasteiger partial charge in [0.05, 0.1) is 20.1 Å². The van der Waals surface area contributed by atoms with Gasteiger partial charge in [0.1, 0.15) is 6.20 Å². The SMILES string of the molecule is CC(=O)[C@H](CC(C)C)NC(=O)/C=C/C=C/C=C/C=C/c1c[n+](C)cn1C. The van der Waals surface area contributed by atoms with Crippen molar-refractivity contribution in [3.05, 3.63) is 60.8 Å². The van der Waals surface area contributed by atoms with Gasteiger partial charge in [-0.05, 0) is 25.3 Å². The molecule has 5 nitrogen and oxygen atoms in total. The lowest BCUT2D eigenvalue weighted by Crippen LogP contribution is -2.39. The fourth-order valence-corrected chi connectivity index (χ4v) is 2.40. The van der Waals surface area contributed by atoms with Gasteiger partial charge in [0, 0.05) is 6.08 Å². The van der Waals surface area contributed by atoms with Crippen molar-refractivity contribution in [2.45, 2.75) is 33.2 Å². The van der Waals surface area contributed by atoms with Gasteiger partial charge in [-0.15, -0.1) is 0 Å². The number of carbonyl (C=O) groups excluding carboxylic acids is 2. The molecule has 1 heterocycles. The van der Waals surface area contributed by atoms with Gasteiger partial charge in [-0.25, -0.2) is 9.13 Å². The molecule has 26 heavy (non-hydrogen) atoms. The summed E-state index contributed by atoms with van der Waals surface area (Å²) >= 11 is 0. The molecule has 0 aromatic carbocycles. The summed E-state index contributed by atoms with van der Waals surface area (Å²) in [4.78, 5) is 23.4. The van der Waals surface area contributed by atoms with Crippen molar-refractivity contribution >= 4 is 17.8 Å². The van der Waals surface area contributed by atoms with E-state index in [1.165, 1.54) is 13.0 Å². The van der Waals surface area contributed by atoms with Crippen LogP contribution in [0.3, 0.4) is 0 Å². The molecule has 1 aromatic heterocycles. The summed E-state index contributed by atoms with van der Waals surface area (Å²) in [5.74, 6) is 0.0813. The number of hydrogen-bond acceptors (Lipinski definition) is 2. The smallest absolute Gasteiger partial charge is 0.244 e. The molecule has 1 amide bonds. The molecule has 0 saturated heterocycles. The first-order valence-corrected chi connectivity index (χ1v) is 8.80. The van der Waals surface area contributed by atoms with Gasteiger partial charge in [-0.2, -0.15) is 0 Å². The van der Waals surface area contributed by atoms with Crippen molar-refractivity contribution in [1.29, 1.82) is 0 Å². The summed E-state index contributed by atoms with van der Waals surface area (Å²) in [7, 11) is 3.98. The van der Waals surface area contributed by atoms with Crippen LogP contribution in [0.1, 0.15) is 32.9 Å². The van der Waals surface area contributed by atoms with E-state index < -0.39 is 6.04 Å². The molecule has 0 spiro atoms. The van der Waals surface area contributed by atoms with Crippen LogP contribution < -0.4 is 9.88 Å². The molecular weight excluding hydrogens is 326 g/mol. The minimum atomic E-state index is -0.416. The first-order chi connectivity index (χ1) is 12.3. The standard InChI is InChI=1S/C21H29N3O2/c1-17(2)14-20(18(3)25)22-21(26)13-11-9-7-6-8-10-12-19-15-23(4)16-24(19)5/h6-13,15-17,20H,14H2,1-5H3/p+1/b8-6+,9-7+,12-10+,13-11+/t20-/m0/s1. The Morgan fingerprint density at radius 3 is 2.31 bits per heavy atom. The van der Waals surface area contributed by atoms with E-state index in [9.17, 15) is 9.59 Å². The van der Waals surface area contributed by atoms with Crippen LogP contribution in [0.15, 0.2) is 55.1 Å². The number of nitrogens with zero attached hydrogens (tertiary/aromatic N) is 2. The topological polar surface area (TPSA) is 55.0 Å². The Hall–Kier alpha value is -2.69. The first-order valence-electron chi connectivity index (χ1n) is 8.80. The molecule has 0 aliphatic heterocycles. The van der Waals surface area contributed by atoms with Crippen LogP contribution >= 0.6 is 0 Å². The molecule has 1 rings (SSSR count). The highest BCUT2D eigenvalue weighted by molar-refractivity contribution is 5.92. The Labute approximate surface area is 156 Å². The highest BCUT2D eigenvalue weighted by Crippen LogP contribution is 2.05. The van der Waals surface area contributed by atoms with E-state index in [2.05, 4.69) is 5.32 Å². The molecule has 0 radical (unpaired) electrons. The molecule has 0 aliphatic carbocycles. The van der Waals surface area contributed by atoms with Gasteiger partial charge in [-0.1, -0.05) is 50.3 Å². The second-order valence-electron chi connectivity index (χ2n) is 6.74. The molecule has 0 saturated carbocycles. The van der Waals surface area contributed by atoms with Crippen molar-refractivity contribution in [1.82, 2.24) is 9.88 Å². The van der Waals surface area contributed by atoms with Crippen molar-refractivity contribution < 1.29 is 14.2 Å². The van der Waals surface area contributed by atoms with Crippen LogP contribution in [0.2, 0.25) is 0 Å². The number of Topliss-reactive ketones (excluding diaryl/α,β-unsaturated/α-hetero) is 1. The second kappa shape index (κ2) is 11.0. The lowest BCUT2D eigenvalue weighted by atomic mass is 10.0. The van der Waals surface area contributed by atoms with Crippen LogP contribution in [0.4, 0.5) is 0 Å². The third-order valence-corrected chi connectivity index (χ3v) is 3.68. The summed E-state index contributed by atoms with van der Waals surface area (Å²) in [5, 5.41) is 2.74. The number of imidazole rings is 1. The number of allylic oxidation sites excluding steroid dienone is 6. The van der Waals surface area contributed by atoms with E-state index in [0.717, 1.165) is 5.69 Å². The monoisotopic (exact) mass is 356 g/mol. The average molecular weight is 356 g/mol. The number of aromatic nitrogens is 2. The van der Waals surface area contributed by atoms with Gasteiger partial charge in [-0.3, -0.25) is 9.59 Å². The van der Waals surface area contributed by atoms with Crippen LogP contribution in [0.25, 0.3) is 6.08 Å². The number of rotatable bonds is 9. The zero-order valence-corrected chi connectivity index (χ0v) is 16.3. The zero-order chi connectivity index (χ0) is 19.5. The van der Waals surface area contributed by atoms with Gasteiger partial charge >= 0.3 is 0 Å². The Balaban J connectivity index is 2.43. The van der Waals surface area contributed by atoms with Gasteiger partial charge in [0.2, 0.25) is 12.2 Å². The first kappa shape index (κ1) is 21.4. The number of carbonyl (C=O) groups is 2. The maximum Gasteiger partial charge on any atom is 0.244 e. The number of aryl methyl sites for hydroxylation is 2. The highest BCUT2D eigenvalue weighted by Gasteiger charge is 2.16. The fraction of sp³-hybridized carbons (Fsp3) is 0.381. The Kier molecular flexibility index (Phi) is 9.06. The molecule has 0 fully saturated rings. The third-order valence-electron chi connectivity index (χ3n) is 3.68. The summed E-state index contributed by atoms with van der Waals surface area (Å²) in [6.45, 7) is 5.56. The molecule has 0 unspecified atom stereocenters. The van der Waals surface area contributed by atoms with E-state index in [-0.39, 0.29) is 11.7 Å². The largest absolute Gasteiger partial charge is 0.343 e. The average Bonchev–Trinajstić information content (AvgIpc) is 2.86. The summed E-state index contributed by atoms with van der Waals surface area (Å²) in [6.07, 6.45) is 19.2. The normalized spacial score (nSPS) is 13.6. The summed E-state index contributed by atoms with van der Waals surface area (Å²) in [6, 6.07) is -0.416. The molecular formula is C21H30N3O2+. The lowest BCUT2D eigenvalue weighted by molar-refractivity contribution is -0.671. The molecule has 1 atom stereocenters. The predicted octanol–water partition coefficient (Wildman–Crippen LogP) is 2.65. The molecule has 5 heteroatoms. The number of amides is 1. The van der Waals surface area contributed by atoms with Gasteiger partial charge in [0.25, 0.3) is 0 Å². The van der Waals surface area contributed by atoms with E-state index in [1.54, 1.807) is 12.2 Å². The minimum Gasteiger partial charge on any atom is -0.343 e. The highest BCUT2D eigenvalue weighted by atomic mass is 16.2. The number of hydrogen-bond donors (Lipinski definition) is 1. The predicted molar refractivity (Wildman–Crippen MR) is 105 cm³/mol. The summed E-state index contributed by atoms with van der Waals surface area (Å²) < 4.78 is 4.03. The fourth-order valence-electron chi connectivity index (χ4n) is 2.40. The van der Waals surface area contributed by atoms with Crippen LogP contribution in [-0.2, 0) is 23.7 Å². The van der Waals surface area contributed by atoms with Crippen molar-refractivity contribution in [2.24, 2.45) is 20.0 Å². The zero-order valence-electron chi connectivity index (χ0n) is 16.3. The van der Waals surface area contributed by atoms with Gasteiger partial charge in [0.15, 0.2) is 11.5 Å². The van der Waals surface area contributed by atoms with Crippen LogP contribution in [0, 0.1) is 5.92 Å². The van der Waals surface area contributed by atoms with Crippen LogP contribution in [-0.4, -0.2) is 22.3 Å². The van der Waals surface area contributed by atoms with Crippen molar-refractivity contribution in [3.63, 3.8) is 0 Å². The van der Waals surface area contributed by atoms with Crippen LogP contribution in [0.5, 0.6) is 0 Å². The molecule has 140 valence electrons. The number of ketones is 1. The molecule has 1 aromatic rings. The molecule has 1 N–H and O–H groups in total. The molecule has 0 bridgehead atoms. The van der Waals surface area contributed by atoms with E-state index in [1.807, 2.05) is 80.0 Å². The Bertz CT molecular complexity index is 722. The van der Waals surface area contributed by atoms with E-state index in [4.69, 9.17) is 0 Å². The van der Waals surface area contributed by atoms with Crippen molar-refractivity contribution in [3.8, 4) is 0 Å². The minimum absolute atomic E-state index is 0.0162. The van der Waals surface area contributed by atoms with Crippen molar-refractivity contribution in [2.75, 3.05) is 0 Å². The maximum absolute atomic E-state index is 11.8. The summed E-state index contributed by atoms with van der Waals surface area (Å²) in [5.41, 5.74) is 1.11. The number of nitrogens with one attached hydrogen (secondary N) is 1. The van der Waals surface area contributed by atoms with Gasteiger partial charge < -0.3 is 5.32 Å². The van der Waals surface area contributed by atoms with E-state index in [0.29, 0.717) is 12.3 Å². The second-order valence-corrected chi connectivity index (χ2v) is 6.74. The lowest BCUT2D eigenvalue weighted by Gasteiger charge is -2.16. The van der Waals surface area contributed by atoms with E-state index >= 15 is 0 Å². The Morgan fingerprint density at radius 2 is 1.77 bits per heavy atom. The molecule has 0 aliphatic rings. The third kappa shape index (κ3) is 8.42.